The van der Waals surface area contributed by atoms with Gasteiger partial charge in [0, 0.05) is 18.4 Å². The number of hydrogen-bond donors (Lipinski definition) is 0. The van der Waals surface area contributed by atoms with Gasteiger partial charge in [0.2, 0.25) is 0 Å². The van der Waals surface area contributed by atoms with Crippen LogP contribution in [0.2, 0.25) is 0 Å². The normalized spacial score (nSPS) is 16.6. The van der Waals surface area contributed by atoms with Gasteiger partial charge in [-0.1, -0.05) is 33.8 Å². The largest absolute Gasteiger partial charge is 0.329 e. The van der Waals surface area contributed by atoms with E-state index in [-0.39, 0.29) is 0 Å². The number of amidine groups is 1. The van der Waals surface area contributed by atoms with Crippen LogP contribution in [0.5, 0.6) is 0 Å². The van der Waals surface area contributed by atoms with E-state index in [1.165, 1.54) is 5.57 Å². The number of allylic oxidation sites excluding steroid dienone is 3. The molecule has 2 nitrogen and oxygen atoms in total. The first-order chi connectivity index (χ1) is 7.77. The van der Waals surface area contributed by atoms with Crippen molar-refractivity contribution in [2.45, 2.75) is 41.5 Å². The van der Waals surface area contributed by atoms with Crippen LogP contribution in [0, 0.1) is 0 Å². The number of rotatable bonds is 0. The smallest absolute Gasteiger partial charge is 0.133 e. The second-order valence-electron chi connectivity index (χ2n) is 3.16. The lowest BCUT2D eigenvalue weighted by atomic mass is 10.1. The highest BCUT2D eigenvalue weighted by atomic mass is 15.2. The lowest BCUT2D eigenvalue weighted by Gasteiger charge is -2.27. The summed E-state index contributed by atoms with van der Waals surface area (Å²) < 4.78 is 0. The summed E-state index contributed by atoms with van der Waals surface area (Å²) in [4.78, 5) is 6.62. The Bertz CT molecular complexity index is 320. The van der Waals surface area contributed by atoms with Crippen LogP contribution in [0.25, 0.3) is 0 Å². The molecule has 0 atom stereocenters. The van der Waals surface area contributed by atoms with Crippen molar-refractivity contribution in [3.8, 4) is 0 Å². The van der Waals surface area contributed by atoms with E-state index in [1.807, 2.05) is 45.9 Å². The fraction of sp³-hybridized carbons (Fsp3) is 0.500. The van der Waals surface area contributed by atoms with Gasteiger partial charge in [-0.05, 0) is 31.6 Å². The Labute approximate surface area is 100 Å². The first-order valence-corrected chi connectivity index (χ1v) is 6.14. The molecule has 0 N–H and O–H groups in total. The summed E-state index contributed by atoms with van der Waals surface area (Å²) in [5, 5.41) is 0. The molecule has 0 amide bonds. The Morgan fingerprint density at radius 3 is 2.31 bits per heavy atom. The summed E-state index contributed by atoms with van der Waals surface area (Å²) in [6.07, 6.45) is 8.15. The lowest BCUT2D eigenvalue weighted by Crippen LogP contribution is -2.30. The van der Waals surface area contributed by atoms with Gasteiger partial charge in [0.15, 0.2) is 0 Å². The van der Waals surface area contributed by atoms with Gasteiger partial charge in [0.1, 0.15) is 5.84 Å². The second kappa shape index (κ2) is 7.91. The summed E-state index contributed by atoms with van der Waals surface area (Å²) in [6, 6.07) is 0. The lowest BCUT2D eigenvalue weighted by molar-refractivity contribution is 0.587. The van der Waals surface area contributed by atoms with Gasteiger partial charge < -0.3 is 4.90 Å². The van der Waals surface area contributed by atoms with Gasteiger partial charge in [0.25, 0.3) is 0 Å². The predicted octanol–water partition coefficient (Wildman–Crippen LogP) is 4.13. The zero-order valence-electron chi connectivity index (χ0n) is 11.4. The number of hydrogen-bond acceptors (Lipinski definition) is 2. The minimum atomic E-state index is 0.978. The fourth-order valence-corrected chi connectivity index (χ4v) is 1.34. The molecule has 90 valence electrons. The molecule has 0 aliphatic carbocycles. The third-order valence-electron chi connectivity index (χ3n) is 2.22. The summed E-state index contributed by atoms with van der Waals surface area (Å²) in [6.45, 7) is 13.2. The molecule has 2 aliphatic rings. The summed E-state index contributed by atoms with van der Waals surface area (Å²) in [7, 11) is 0. The van der Waals surface area contributed by atoms with Crippen LogP contribution in [0.3, 0.4) is 0 Å². The molecule has 0 aromatic heterocycles. The highest BCUT2D eigenvalue weighted by Gasteiger charge is 2.14. The van der Waals surface area contributed by atoms with Gasteiger partial charge >= 0.3 is 0 Å². The average molecular weight is 220 g/mol. The topological polar surface area (TPSA) is 15.6 Å². The predicted molar refractivity (Wildman–Crippen MR) is 73.5 cm³/mol. The molecule has 0 saturated heterocycles. The minimum absolute atomic E-state index is 0.978. The number of aliphatic imine (C=N–C) groups is 1. The Kier molecular flexibility index (Phi) is 7.27. The van der Waals surface area contributed by atoms with Crippen LogP contribution < -0.4 is 0 Å². The maximum absolute atomic E-state index is 4.47. The molecular weight excluding hydrogens is 196 g/mol. The molecule has 0 fully saturated rings. The molecule has 0 spiro atoms. The fourth-order valence-electron chi connectivity index (χ4n) is 1.34. The molecule has 2 heterocycles. The van der Waals surface area contributed by atoms with Gasteiger partial charge in [0.05, 0.1) is 0 Å². The molecule has 0 aromatic carbocycles. The molecule has 0 aromatic rings. The van der Waals surface area contributed by atoms with E-state index >= 15 is 0 Å². The highest BCUT2D eigenvalue weighted by Crippen LogP contribution is 2.17. The number of fused-ring (bicyclic) bond motifs is 1. The summed E-state index contributed by atoms with van der Waals surface area (Å²) in [5.41, 5.74) is 2.50. The zero-order valence-corrected chi connectivity index (χ0v) is 11.4. The van der Waals surface area contributed by atoms with Crippen LogP contribution in [-0.2, 0) is 0 Å². The maximum atomic E-state index is 4.47. The standard InChI is InChI=1S/C10H12N2.2C2H6/c1-8-7-12-6-4-3-5-10(12)11-9(8)2;2*1-2/h3-6H,7H2,1-2H3;2*1-2H3. The van der Waals surface area contributed by atoms with Crippen LogP contribution in [-0.4, -0.2) is 17.3 Å². The molecule has 0 bridgehead atoms. The maximum Gasteiger partial charge on any atom is 0.133 e. The Morgan fingerprint density at radius 2 is 1.69 bits per heavy atom. The van der Waals surface area contributed by atoms with E-state index < -0.39 is 0 Å². The Balaban J connectivity index is 0.000000509. The van der Waals surface area contributed by atoms with E-state index in [4.69, 9.17) is 0 Å². The highest BCUT2D eigenvalue weighted by molar-refractivity contribution is 5.96. The third kappa shape index (κ3) is 3.69. The van der Waals surface area contributed by atoms with Crippen molar-refractivity contribution < 1.29 is 0 Å². The van der Waals surface area contributed by atoms with E-state index in [0.717, 1.165) is 18.1 Å². The van der Waals surface area contributed by atoms with Crippen molar-refractivity contribution in [2.75, 3.05) is 6.54 Å². The van der Waals surface area contributed by atoms with Crippen LogP contribution in [0.1, 0.15) is 41.5 Å². The van der Waals surface area contributed by atoms with E-state index in [9.17, 15) is 0 Å². The van der Waals surface area contributed by atoms with Crippen molar-refractivity contribution in [3.05, 3.63) is 35.7 Å². The van der Waals surface area contributed by atoms with Gasteiger partial charge in [-0.2, -0.15) is 0 Å². The molecular formula is C14H24N2. The Hall–Kier alpha value is -1.31. The monoisotopic (exact) mass is 220 g/mol. The Morgan fingerprint density at radius 1 is 1.06 bits per heavy atom. The first-order valence-electron chi connectivity index (χ1n) is 6.14. The molecule has 0 saturated carbocycles. The summed E-state index contributed by atoms with van der Waals surface area (Å²) in [5.74, 6) is 1.06. The average Bonchev–Trinajstić information content (AvgIpc) is 2.36. The van der Waals surface area contributed by atoms with Crippen LogP contribution >= 0.6 is 0 Å². The van der Waals surface area contributed by atoms with E-state index in [2.05, 4.69) is 29.9 Å². The molecule has 2 heteroatoms. The van der Waals surface area contributed by atoms with Crippen molar-refractivity contribution in [1.82, 2.24) is 4.90 Å². The molecule has 0 unspecified atom stereocenters. The first kappa shape index (κ1) is 14.7. The quantitative estimate of drug-likeness (QED) is 0.599. The van der Waals surface area contributed by atoms with E-state index in [1.54, 1.807) is 0 Å². The number of nitrogens with zero attached hydrogens (tertiary/aromatic N) is 2. The molecule has 16 heavy (non-hydrogen) atoms. The van der Waals surface area contributed by atoms with Crippen molar-refractivity contribution >= 4 is 5.84 Å². The van der Waals surface area contributed by atoms with Crippen LogP contribution in [0.15, 0.2) is 40.7 Å². The summed E-state index contributed by atoms with van der Waals surface area (Å²) >= 11 is 0. The minimum Gasteiger partial charge on any atom is -0.329 e. The SMILES string of the molecule is CC.CC.CC1=C(C)N=C2C=CC=CN2C1. The third-order valence-corrected chi connectivity index (χ3v) is 2.22. The van der Waals surface area contributed by atoms with Gasteiger partial charge in [-0.25, -0.2) is 4.99 Å². The van der Waals surface area contributed by atoms with Crippen molar-refractivity contribution in [3.63, 3.8) is 0 Å². The van der Waals surface area contributed by atoms with Crippen LogP contribution in [0.4, 0.5) is 0 Å². The van der Waals surface area contributed by atoms with E-state index in [0.29, 0.717) is 0 Å². The molecule has 0 radical (unpaired) electrons. The van der Waals surface area contributed by atoms with Gasteiger partial charge in [-0.3, -0.25) is 0 Å². The van der Waals surface area contributed by atoms with Crippen molar-refractivity contribution in [1.29, 1.82) is 0 Å². The van der Waals surface area contributed by atoms with Gasteiger partial charge in [-0.15, -0.1) is 0 Å². The molecule has 2 aliphatic heterocycles. The second-order valence-corrected chi connectivity index (χ2v) is 3.16. The van der Waals surface area contributed by atoms with Crippen molar-refractivity contribution in [2.24, 2.45) is 4.99 Å². The molecule has 2 rings (SSSR count). The zero-order chi connectivity index (χ0) is 12.6.